The first-order valence-electron chi connectivity index (χ1n) is 7.13. The Labute approximate surface area is 117 Å². The van der Waals surface area contributed by atoms with Gasteiger partial charge in [-0.05, 0) is 6.42 Å². The zero-order valence-electron chi connectivity index (χ0n) is 13.3. The smallest absolute Gasteiger partial charge is 0.0722 e. The summed E-state index contributed by atoms with van der Waals surface area (Å²) in [5, 5.41) is 8.18. The number of methoxy groups -OCH3 is 1. The van der Waals surface area contributed by atoms with Crippen molar-refractivity contribution in [3.05, 3.63) is 17.5 Å². The van der Waals surface area contributed by atoms with Gasteiger partial charge in [-0.15, -0.1) is 0 Å². The van der Waals surface area contributed by atoms with Crippen LogP contribution in [0, 0.1) is 0 Å². The number of hydrogen-bond donors (Lipinski definition) is 1. The molecule has 4 nitrogen and oxygen atoms in total. The van der Waals surface area contributed by atoms with Gasteiger partial charge in [0.1, 0.15) is 0 Å². The van der Waals surface area contributed by atoms with Crippen molar-refractivity contribution in [1.82, 2.24) is 15.1 Å². The Balaban J connectivity index is 2.71. The molecule has 0 amide bonds. The van der Waals surface area contributed by atoms with E-state index in [1.54, 1.807) is 7.11 Å². The van der Waals surface area contributed by atoms with Crippen LogP contribution in [0.2, 0.25) is 0 Å². The third-order valence-electron chi connectivity index (χ3n) is 3.20. The minimum Gasteiger partial charge on any atom is -0.383 e. The predicted octanol–water partition coefficient (Wildman–Crippen LogP) is 2.62. The summed E-state index contributed by atoms with van der Waals surface area (Å²) in [6.07, 6.45) is 4.42. The summed E-state index contributed by atoms with van der Waals surface area (Å²) in [5.41, 5.74) is 2.54. The maximum absolute atomic E-state index is 5.26. The molecule has 4 heteroatoms. The largest absolute Gasteiger partial charge is 0.383 e. The summed E-state index contributed by atoms with van der Waals surface area (Å²) in [4.78, 5) is 0. The van der Waals surface area contributed by atoms with E-state index in [0.29, 0.717) is 6.04 Å². The van der Waals surface area contributed by atoms with E-state index in [4.69, 9.17) is 4.74 Å². The number of nitrogens with zero attached hydrogens (tertiary/aromatic N) is 2. The average Bonchev–Trinajstić information content (AvgIpc) is 2.68. The van der Waals surface area contributed by atoms with Crippen LogP contribution in [-0.2, 0) is 23.7 Å². The molecular weight excluding hydrogens is 238 g/mol. The fourth-order valence-corrected chi connectivity index (χ4v) is 2.35. The molecule has 0 spiro atoms. The van der Waals surface area contributed by atoms with E-state index in [1.165, 1.54) is 17.7 Å². The second-order valence-electron chi connectivity index (χ2n) is 6.25. The lowest BCUT2D eigenvalue weighted by Gasteiger charge is -2.20. The van der Waals surface area contributed by atoms with Crippen LogP contribution in [0.1, 0.15) is 51.8 Å². The third kappa shape index (κ3) is 4.96. The molecule has 0 aromatic carbocycles. The van der Waals surface area contributed by atoms with Gasteiger partial charge in [0.15, 0.2) is 0 Å². The van der Waals surface area contributed by atoms with Crippen molar-refractivity contribution in [2.75, 3.05) is 13.7 Å². The molecule has 0 bridgehead atoms. The summed E-state index contributed by atoms with van der Waals surface area (Å²) in [7, 11) is 3.74. The zero-order chi connectivity index (χ0) is 14.5. The second-order valence-corrected chi connectivity index (χ2v) is 6.25. The SMILES string of the molecule is CCCC(COC)NCc1cn(C)nc1C(C)(C)C. The lowest BCUT2D eigenvalue weighted by Crippen LogP contribution is -2.33. The van der Waals surface area contributed by atoms with E-state index in [2.05, 4.69) is 44.3 Å². The zero-order valence-corrected chi connectivity index (χ0v) is 13.3. The van der Waals surface area contributed by atoms with Crippen molar-refractivity contribution in [2.24, 2.45) is 7.05 Å². The summed E-state index contributed by atoms with van der Waals surface area (Å²) in [6.45, 7) is 10.4. The van der Waals surface area contributed by atoms with Gasteiger partial charge < -0.3 is 10.1 Å². The van der Waals surface area contributed by atoms with Crippen LogP contribution in [0.5, 0.6) is 0 Å². The number of aromatic nitrogens is 2. The van der Waals surface area contributed by atoms with E-state index in [-0.39, 0.29) is 5.41 Å². The van der Waals surface area contributed by atoms with Crippen LogP contribution in [-0.4, -0.2) is 29.5 Å². The molecule has 1 aromatic rings. The molecule has 1 N–H and O–H groups in total. The fraction of sp³-hybridized carbons (Fsp3) is 0.800. The van der Waals surface area contributed by atoms with Gasteiger partial charge in [-0.2, -0.15) is 5.10 Å². The Morgan fingerprint density at radius 2 is 2.11 bits per heavy atom. The van der Waals surface area contributed by atoms with Gasteiger partial charge >= 0.3 is 0 Å². The highest BCUT2D eigenvalue weighted by Crippen LogP contribution is 2.24. The fourth-order valence-electron chi connectivity index (χ4n) is 2.35. The highest BCUT2D eigenvalue weighted by atomic mass is 16.5. The molecule has 0 saturated carbocycles. The van der Waals surface area contributed by atoms with Crippen molar-refractivity contribution >= 4 is 0 Å². The molecule has 0 radical (unpaired) electrons. The molecule has 0 aliphatic rings. The Bertz CT molecular complexity index is 373. The standard InChI is InChI=1S/C15H29N3O/c1-7-8-13(11-19-6)16-9-12-10-18(5)17-14(12)15(2,3)4/h10,13,16H,7-9,11H2,1-6H3. The van der Waals surface area contributed by atoms with Crippen LogP contribution in [0.3, 0.4) is 0 Å². The van der Waals surface area contributed by atoms with E-state index >= 15 is 0 Å². The average molecular weight is 267 g/mol. The van der Waals surface area contributed by atoms with Crippen molar-refractivity contribution in [3.63, 3.8) is 0 Å². The van der Waals surface area contributed by atoms with E-state index in [9.17, 15) is 0 Å². The topological polar surface area (TPSA) is 39.1 Å². The van der Waals surface area contributed by atoms with Gasteiger partial charge in [0.2, 0.25) is 0 Å². The highest BCUT2D eigenvalue weighted by Gasteiger charge is 2.22. The van der Waals surface area contributed by atoms with Crippen LogP contribution >= 0.6 is 0 Å². The Kier molecular flexibility index (Phi) is 6.01. The summed E-state index contributed by atoms with van der Waals surface area (Å²) < 4.78 is 7.17. The maximum Gasteiger partial charge on any atom is 0.0722 e. The minimum absolute atomic E-state index is 0.0831. The van der Waals surface area contributed by atoms with Gasteiger partial charge in [-0.3, -0.25) is 4.68 Å². The van der Waals surface area contributed by atoms with E-state index in [0.717, 1.165) is 19.6 Å². The first-order chi connectivity index (χ1) is 8.88. The molecule has 0 aliphatic heterocycles. The van der Waals surface area contributed by atoms with Gasteiger partial charge in [0.25, 0.3) is 0 Å². The van der Waals surface area contributed by atoms with Gasteiger partial charge in [0.05, 0.1) is 12.3 Å². The number of aryl methyl sites for hydroxylation is 1. The van der Waals surface area contributed by atoms with Crippen LogP contribution in [0.15, 0.2) is 6.20 Å². The van der Waals surface area contributed by atoms with E-state index in [1.807, 2.05) is 11.7 Å². The summed E-state index contributed by atoms with van der Waals surface area (Å²) in [5.74, 6) is 0. The molecule has 1 atom stereocenters. The molecule has 1 rings (SSSR count). The Morgan fingerprint density at radius 1 is 1.42 bits per heavy atom. The number of nitrogens with one attached hydrogen (secondary N) is 1. The monoisotopic (exact) mass is 267 g/mol. The highest BCUT2D eigenvalue weighted by molar-refractivity contribution is 5.23. The predicted molar refractivity (Wildman–Crippen MR) is 79.3 cm³/mol. The lowest BCUT2D eigenvalue weighted by atomic mass is 9.89. The van der Waals surface area contributed by atoms with E-state index < -0.39 is 0 Å². The summed E-state index contributed by atoms with van der Waals surface area (Å²) >= 11 is 0. The van der Waals surface area contributed by atoms with Crippen molar-refractivity contribution < 1.29 is 4.74 Å². The molecule has 19 heavy (non-hydrogen) atoms. The molecule has 110 valence electrons. The maximum atomic E-state index is 5.26. The summed E-state index contributed by atoms with van der Waals surface area (Å²) in [6, 6.07) is 0.419. The molecular formula is C15H29N3O. The molecule has 1 unspecified atom stereocenters. The lowest BCUT2D eigenvalue weighted by molar-refractivity contribution is 0.161. The second kappa shape index (κ2) is 7.06. The van der Waals surface area contributed by atoms with Crippen LogP contribution in [0.25, 0.3) is 0 Å². The van der Waals surface area contributed by atoms with Crippen LogP contribution < -0.4 is 5.32 Å². The molecule has 0 saturated heterocycles. The number of ether oxygens (including phenoxy) is 1. The third-order valence-corrected chi connectivity index (χ3v) is 3.20. The van der Waals surface area contributed by atoms with Crippen molar-refractivity contribution in [1.29, 1.82) is 0 Å². The normalized spacial score (nSPS) is 13.8. The first-order valence-corrected chi connectivity index (χ1v) is 7.13. The van der Waals surface area contributed by atoms with Crippen LogP contribution in [0.4, 0.5) is 0 Å². The van der Waals surface area contributed by atoms with Gasteiger partial charge in [-0.1, -0.05) is 34.1 Å². The quantitative estimate of drug-likeness (QED) is 0.825. The first kappa shape index (κ1) is 16.2. The minimum atomic E-state index is 0.0831. The Hall–Kier alpha value is -0.870. The molecule has 1 heterocycles. The van der Waals surface area contributed by atoms with Gasteiger partial charge in [-0.25, -0.2) is 0 Å². The van der Waals surface area contributed by atoms with Gasteiger partial charge in [0, 0.05) is 43.9 Å². The number of hydrogen-bond acceptors (Lipinski definition) is 3. The van der Waals surface area contributed by atoms with Crippen molar-refractivity contribution in [3.8, 4) is 0 Å². The Morgan fingerprint density at radius 3 is 2.63 bits per heavy atom. The molecule has 1 aromatic heterocycles. The molecule has 0 aliphatic carbocycles. The van der Waals surface area contributed by atoms with Crippen molar-refractivity contribution in [2.45, 2.75) is 58.5 Å². The number of rotatable bonds is 7. The molecule has 0 fully saturated rings.